The third kappa shape index (κ3) is 7.51. The Morgan fingerprint density at radius 3 is 2.24 bits per heavy atom. The predicted molar refractivity (Wildman–Crippen MR) is 192 cm³/mol. The molecule has 3 aromatic carbocycles. The van der Waals surface area contributed by atoms with E-state index >= 15 is 0 Å². The topological polar surface area (TPSA) is 63.7 Å². The number of likely N-dealkylation sites (tertiary alicyclic amines) is 2. The highest BCUT2D eigenvalue weighted by molar-refractivity contribution is 5.96. The summed E-state index contributed by atoms with van der Waals surface area (Å²) < 4.78 is 44.9. The summed E-state index contributed by atoms with van der Waals surface area (Å²) in [5, 5.41) is 1.08. The number of hydrogen-bond donors (Lipinski definition) is 1. The van der Waals surface area contributed by atoms with E-state index in [2.05, 4.69) is 75.5 Å². The summed E-state index contributed by atoms with van der Waals surface area (Å²) in [5.41, 5.74) is 14.1. The molecule has 6 nitrogen and oxygen atoms in total. The summed E-state index contributed by atoms with van der Waals surface area (Å²) in [7, 11) is 0. The van der Waals surface area contributed by atoms with Crippen LogP contribution in [-0.2, 0) is 24.4 Å². The van der Waals surface area contributed by atoms with Crippen molar-refractivity contribution in [2.75, 3.05) is 13.1 Å². The first-order valence-electron chi connectivity index (χ1n) is 18.3. The van der Waals surface area contributed by atoms with Crippen molar-refractivity contribution in [3.05, 3.63) is 89.1 Å². The summed E-state index contributed by atoms with van der Waals surface area (Å²) in [4.78, 5) is 18.2. The van der Waals surface area contributed by atoms with Gasteiger partial charge in [0.05, 0.1) is 5.54 Å². The highest BCUT2D eigenvalue weighted by Gasteiger charge is 2.43. The maximum Gasteiger partial charge on any atom is 0.573 e. The van der Waals surface area contributed by atoms with E-state index in [4.69, 9.17) is 5.73 Å². The Balaban J connectivity index is 1.06. The van der Waals surface area contributed by atoms with Crippen molar-refractivity contribution < 1.29 is 22.7 Å². The smallest absolute Gasteiger partial charge is 0.406 e. The zero-order valence-corrected chi connectivity index (χ0v) is 29.3. The van der Waals surface area contributed by atoms with E-state index in [0.29, 0.717) is 18.5 Å². The van der Waals surface area contributed by atoms with E-state index in [-0.39, 0.29) is 11.5 Å². The predicted octanol–water partition coefficient (Wildman–Crippen LogP) is 8.68. The van der Waals surface area contributed by atoms with E-state index in [1.807, 2.05) is 0 Å². The van der Waals surface area contributed by atoms with Gasteiger partial charge in [-0.1, -0.05) is 55.7 Å². The number of halogens is 3. The third-order valence-corrected chi connectivity index (χ3v) is 11.6. The van der Waals surface area contributed by atoms with E-state index in [1.54, 1.807) is 12.1 Å². The van der Waals surface area contributed by atoms with Crippen molar-refractivity contribution in [1.82, 2.24) is 14.4 Å². The van der Waals surface area contributed by atoms with Gasteiger partial charge in [-0.25, -0.2) is 0 Å². The zero-order chi connectivity index (χ0) is 35.0. The van der Waals surface area contributed by atoms with E-state index < -0.39 is 11.9 Å². The molecule has 2 unspecified atom stereocenters. The third-order valence-electron chi connectivity index (χ3n) is 11.6. The number of piperazine rings is 1. The first-order chi connectivity index (χ1) is 24.0. The van der Waals surface area contributed by atoms with Crippen LogP contribution in [0.25, 0.3) is 22.0 Å². The number of carbonyl (C=O) groups excluding carboxylic acids is 1. The van der Waals surface area contributed by atoms with Crippen LogP contribution in [0.1, 0.15) is 80.0 Å². The van der Waals surface area contributed by atoms with Crippen LogP contribution in [0, 0.1) is 13.8 Å². The standard InChI is InChI=1S/C41H49F3N4O2/c1-28-9-8-10-29(2)36(28)26-48-25-32-22-33(48)24-47(32)23-30-12-17-38-35(21-30)37(31-13-15-34(16-14-31)50-41(42,43)44)27-46(38)20-7-4-11-39(49)40(45)18-5-3-6-19-40/h8-10,12-17,21,27,32-33H,3-7,11,18-20,22-26,45H2,1-2H3. The number of ketones is 1. The number of rotatable bonds is 12. The summed E-state index contributed by atoms with van der Waals surface area (Å²) >= 11 is 0. The van der Waals surface area contributed by atoms with Crippen molar-refractivity contribution in [3.8, 4) is 16.9 Å². The van der Waals surface area contributed by atoms with Crippen LogP contribution in [0.15, 0.2) is 66.9 Å². The van der Waals surface area contributed by atoms with Gasteiger partial charge in [0, 0.05) is 73.9 Å². The molecule has 3 fully saturated rings. The van der Waals surface area contributed by atoms with Gasteiger partial charge >= 0.3 is 6.36 Å². The fraction of sp³-hybridized carbons (Fsp3) is 0.488. The minimum Gasteiger partial charge on any atom is -0.406 e. The Morgan fingerprint density at radius 2 is 1.58 bits per heavy atom. The number of carbonyl (C=O) groups is 1. The van der Waals surface area contributed by atoms with Gasteiger partial charge in [0.1, 0.15) is 5.75 Å². The number of hydrogen-bond acceptors (Lipinski definition) is 5. The summed E-state index contributed by atoms with van der Waals surface area (Å²) in [6, 6.07) is 20.4. The van der Waals surface area contributed by atoms with E-state index in [1.165, 1.54) is 40.8 Å². The van der Waals surface area contributed by atoms with Crippen LogP contribution >= 0.6 is 0 Å². The van der Waals surface area contributed by atoms with Crippen molar-refractivity contribution in [3.63, 3.8) is 0 Å². The highest BCUT2D eigenvalue weighted by Crippen LogP contribution is 2.37. The van der Waals surface area contributed by atoms with Gasteiger partial charge in [-0.2, -0.15) is 0 Å². The second-order valence-electron chi connectivity index (χ2n) is 15.0. The molecule has 2 saturated heterocycles. The first kappa shape index (κ1) is 34.8. The summed E-state index contributed by atoms with van der Waals surface area (Å²) in [6.45, 7) is 9.14. The molecule has 0 radical (unpaired) electrons. The Kier molecular flexibility index (Phi) is 9.85. The normalized spacial score (nSPS) is 20.9. The average molecular weight is 687 g/mol. The fourth-order valence-corrected chi connectivity index (χ4v) is 8.73. The minimum absolute atomic E-state index is 0.185. The molecule has 3 aliphatic rings. The second kappa shape index (κ2) is 14.2. The maximum absolute atomic E-state index is 13.0. The fourth-order valence-electron chi connectivity index (χ4n) is 8.73. The molecule has 2 bridgehead atoms. The number of aromatic nitrogens is 1. The average Bonchev–Trinajstić information content (AvgIpc) is 3.77. The highest BCUT2D eigenvalue weighted by atomic mass is 19.4. The number of unbranched alkanes of at least 4 members (excludes halogenated alkanes) is 1. The molecule has 266 valence electrons. The molecule has 2 N–H and O–H groups in total. The van der Waals surface area contributed by atoms with Gasteiger partial charge in [0.15, 0.2) is 5.78 Å². The number of alkyl halides is 3. The van der Waals surface area contributed by atoms with Gasteiger partial charge in [-0.15, -0.1) is 13.2 Å². The summed E-state index contributed by atoms with van der Waals surface area (Å²) in [5.74, 6) is -0.0493. The quantitative estimate of drug-likeness (QED) is 0.151. The van der Waals surface area contributed by atoms with Crippen LogP contribution < -0.4 is 10.5 Å². The van der Waals surface area contributed by atoms with E-state index in [9.17, 15) is 18.0 Å². The lowest BCUT2D eigenvalue weighted by Gasteiger charge is -2.34. The molecule has 2 aliphatic heterocycles. The molecule has 1 saturated carbocycles. The number of nitrogens with two attached hydrogens (primary N) is 1. The number of ether oxygens (including phenoxy) is 1. The molecule has 9 heteroatoms. The van der Waals surface area contributed by atoms with Crippen LogP contribution in [-0.4, -0.2) is 57.2 Å². The molecule has 4 aromatic rings. The number of nitrogens with zero attached hydrogens (tertiary/aromatic N) is 3. The molecule has 50 heavy (non-hydrogen) atoms. The molecule has 0 amide bonds. The van der Waals surface area contributed by atoms with Crippen molar-refractivity contribution in [2.24, 2.45) is 5.73 Å². The van der Waals surface area contributed by atoms with Crippen LogP contribution in [0.4, 0.5) is 13.2 Å². The molecular weight excluding hydrogens is 637 g/mol. The molecular formula is C41H49F3N4O2. The molecule has 1 aromatic heterocycles. The largest absolute Gasteiger partial charge is 0.573 e. The second-order valence-corrected chi connectivity index (χ2v) is 15.0. The molecule has 2 atom stereocenters. The van der Waals surface area contributed by atoms with E-state index in [0.717, 1.165) is 99.7 Å². The first-order valence-corrected chi connectivity index (χ1v) is 18.3. The van der Waals surface area contributed by atoms with Gasteiger partial charge < -0.3 is 15.0 Å². The number of fused-ring (bicyclic) bond motifs is 3. The Labute approximate surface area is 293 Å². The molecule has 3 heterocycles. The van der Waals surface area contributed by atoms with Gasteiger partial charge in [0.25, 0.3) is 0 Å². The number of Topliss-reactive ketones (excluding diaryl/α,β-unsaturated/α-hetero) is 1. The van der Waals surface area contributed by atoms with Crippen molar-refractivity contribution in [2.45, 2.75) is 115 Å². The Hall–Kier alpha value is -3.66. The number of aryl methyl sites for hydroxylation is 3. The SMILES string of the molecule is Cc1cccc(C)c1CN1CC2CC1CN2Cc1ccc2c(c1)c(-c1ccc(OC(F)(F)F)cc1)cn2CCCCC(=O)C1(N)CCCCC1. The zero-order valence-electron chi connectivity index (χ0n) is 29.3. The number of benzene rings is 3. The molecule has 7 rings (SSSR count). The monoisotopic (exact) mass is 686 g/mol. The molecule has 0 spiro atoms. The van der Waals surface area contributed by atoms with Gasteiger partial charge in [0.2, 0.25) is 0 Å². The Morgan fingerprint density at radius 1 is 0.900 bits per heavy atom. The summed E-state index contributed by atoms with van der Waals surface area (Å²) in [6.07, 6.45) is 5.43. The molecule has 1 aliphatic carbocycles. The van der Waals surface area contributed by atoms with Crippen LogP contribution in [0.5, 0.6) is 5.75 Å². The van der Waals surface area contributed by atoms with Crippen LogP contribution in [0.3, 0.4) is 0 Å². The van der Waals surface area contributed by atoms with Crippen LogP contribution in [0.2, 0.25) is 0 Å². The van der Waals surface area contributed by atoms with Gasteiger partial charge in [-0.05, 0) is 98.0 Å². The minimum atomic E-state index is -4.74. The van der Waals surface area contributed by atoms with Crippen molar-refractivity contribution >= 4 is 16.7 Å². The van der Waals surface area contributed by atoms with Crippen molar-refractivity contribution in [1.29, 1.82) is 0 Å². The Bertz CT molecular complexity index is 1810. The van der Waals surface area contributed by atoms with Gasteiger partial charge in [-0.3, -0.25) is 14.6 Å². The maximum atomic E-state index is 13.0. The lowest BCUT2D eigenvalue weighted by Crippen LogP contribution is -2.49. The lowest BCUT2D eigenvalue weighted by molar-refractivity contribution is -0.274. The lowest BCUT2D eigenvalue weighted by atomic mass is 9.78.